The zero-order valence-electron chi connectivity index (χ0n) is 20.2. The summed E-state index contributed by atoms with van der Waals surface area (Å²) >= 11 is 0. The Morgan fingerprint density at radius 3 is 2.06 bits per heavy atom. The van der Waals surface area contributed by atoms with Crippen LogP contribution in [-0.4, -0.2) is 41.2 Å². The molecule has 0 saturated carbocycles. The number of amides is 2. The van der Waals surface area contributed by atoms with E-state index in [1.54, 1.807) is 41.5 Å². The monoisotopic (exact) mass is 462 g/mol. The third-order valence-corrected chi connectivity index (χ3v) is 3.81. The van der Waals surface area contributed by atoms with Gasteiger partial charge in [0.1, 0.15) is 17.2 Å². The molecule has 0 aliphatic carbocycles. The number of carbonyl (C=O) groups excluding carboxylic acids is 4. The van der Waals surface area contributed by atoms with Gasteiger partial charge >= 0.3 is 18.0 Å². The maximum Gasteiger partial charge on any atom is 0.408 e. The number of alkyl carbamates (subject to hydrolysis) is 1. The molecule has 1 atom stereocenters. The number of esters is 2. The number of carbonyl (C=O) groups is 4. The minimum absolute atomic E-state index is 0.119. The van der Waals surface area contributed by atoms with Crippen molar-refractivity contribution in [2.75, 3.05) is 0 Å². The van der Waals surface area contributed by atoms with Crippen LogP contribution in [0.4, 0.5) is 4.79 Å². The lowest BCUT2D eigenvalue weighted by Crippen LogP contribution is -2.45. The number of ether oxygens (including phenoxy) is 3. The molecular weight excluding hydrogens is 428 g/mol. The molecule has 0 saturated heterocycles. The summed E-state index contributed by atoms with van der Waals surface area (Å²) in [6, 6.07) is 7.90. The first kappa shape index (κ1) is 27.7. The average Bonchev–Trinajstić information content (AvgIpc) is 2.67. The number of hydrogen-bond donors (Lipinski definition) is 2. The second-order valence-corrected chi connectivity index (χ2v) is 9.34. The van der Waals surface area contributed by atoms with E-state index in [1.165, 1.54) is 0 Å². The Balaban J connectivity index is 2.75. The molecule has 1 aromatic rings. The zero-order valence-corrected chi connectivity index (χ0v) is 20.2. The van der Waals surface area contributed by atoms with E-state index in [4.69, 9.17) is 14.2 Å². The maximum absolute atomic E-state index is 12.6. The Morgan fingerprint density at radius 2 is 1.52 bits per heavy atom. The fourth-order valence-electron chi connectivity index (χ4n) is 2.47. The first-order chi connectivity index (χ1) is 15.2. The van der Waals surface area contributed by atoms with Crippen LogP contribution in [0.3, 0.4) is 0 Å². The highest BCUT2D eigenvalue weighted by atomic mass is 16.6. The average molecular weight is 463 g/mol. The molecule has 2 amide bonds. The molecule has 9 nitrogen and oxygen atoms in total. The molecule has 0 spiro atoms. The largest absolute Gasteiger partial charge is 0.460 e. The minimum Gasteiger partial charge on any atom is -0.460 e. The third kappa shape index (κ3) is 12.3. The molecule has 1 aromatic carbocycles. The Bertz CT molecular complexity index is 852. The van der Waals surface area contributed by atoms with Crippen LogP contribution in [0.25, 0.3) is 0 Å². The van der Waals surface area contributed by atoms with E-state index in [0.29, 0.717) is 0 Å². The van der Waals surface area contributed by atoms with Gasteiger partial charge in [-0.2, -0.15) is 0 Å². The van der Waals surface area contributed by atoms with Gasteiger partial charge in [0.05, 0.1) is 0 Å². The standard InChI is InChI=1S/C24H34N2O7/c1-16(20(28)25-15-17-11-9-8-10-12-17)31-21(29)18(26-22(30)33-24(5,6)7)13-14-19(27)32-23(2,3)4/h8-12,18H,1,13-15H2,2-7H3,(H,25,28)(H,26,30)/t18-/m0/s1. The summed E-state index contributed by atoms with van der Waals surface area (Å²) in [6.07, 6.45) is -1.15. The first-order valence-corrected chi connectivity index (χ1v) is 10.6. The van der Waals surface area contributed by atoms with Crippen molar-refractivity contribution in [1.29, 1.82) is 0 Å². The molecule has 0 aromatic heterocycles. The Morgan fingerprint density at radius 1 is 0.939 bits per heavy atom. The van der Waals surface area contributed by atoms with Crippen molar-refractivity contribution in [2.45, 2.75) is 78.2 Å². The topological polar surface area (TPSA) is 120 Å². The molecule has 0 unspecified atom stereocenters. The summed E-state index contributed by atoms with van der Waals surface area (Å²) in [5.41, 5.74) is -0.645. The van der Waals surface area contributed by atoms with Gasteiger partial charge in [0.25, 0.3) is 5.91 Å². The molecule has 0 heterocycles. The van der Waals surface area contributed by atoms with Crippen LogP contribution >= 0.6 is 0 Å². The van der Waals surface area contributed by atoms with Crippen LogP contribution in [-0.2, 0) is 35.1 Å². The highest BCUT2D eigenvalue weighted by Gasteiger charge is 2.29. The minimum atomic E-state index is -1.26. The molecule has 1 rings (SSSR count). The summed E-state index contributed by atoms with van der Waals surface area (Å²) in [4.78, 5) is 49.1. The van der Waals surface area contributed by atoms with Crippen LogP contribution in [0.1, 0.15) is 59.9 Å². The fourth-order valence-corrected chi connectivity index (χ4v) is 2.47. The lowest BCUT2D eigenvalue weighted by Gasteiger charge is -2.23. The zero-order chi connectivity index (χ0) is 25.2. The molecule has 0 radical (unpaired) electrons. The van der Waals surface area contributed by atoms with Crippen molar-refractivity contribution >= 4 is 23.9 Å². The molecule has 2 N–H and O–H groups in total. The normalized spacial score (nSPS) is 12.2. The predicted molar refractivity (Wildman–Crippen MR) is 122 cm³/mol. The summed E-state index contributed by atoms with van der Waals surface area (Å²) in [6.45, 7) is 13.8. The molecule has 0 bridgehead atoms. The van der Waals surface area contributed by atoms with Crippen LogP contribution < -0.4 is 10.6 Å². The Labute approximate surface area is 194 Å². The van der Waals surface area contributed by atoms with Gasteiger partial charge in [-0.1, -0.05) is 36.9 Å². The van der Waals surface area contributed by atoms with E-state index < -0.39 is 46.9 Å². The number of nitrogens with one attached hydrogen (secondary N) is 2. The van der Waals surface area contributed by atoms with Crippen molar-refractivity contribution < 1.29 is 33.4 Å². The Kier molecular flexibility index (Phi) is 10.1. The van der Waals surface area contributed by atoms with Crippen molar-refractivity contribution in [1.82, 2.24) is 10.6 Å². The van der Waals surface area contributed by atoms with E-state index >= 15 is 0 Å². The lowest BCUT2D eigenvalue weighted by atomic mass is 10.1. The van der Waals surface area contributed by atoms with Gasteiger partial charge in [-0.15, -0.1) is 0 Å². The van der Waals surface area contributed by atoms with Gasteiger partial charge in [0.2, 0.25) is 0 Å². The molecular formula is C24H34N2O7. The Hall–Kier alpha value is -3.36. The molecule has 9 heteroatoms. The van der Waals surface area contributed by atoms with Crippen molar-refractivity contribution in [3.63, 3.8) is 0 Å². The highest BCUT2D eigenvalue weighted by Crippen LogP contribution is 2.13. The van der Waals surface area contributed by atoms with Crippen LogP contribution in [0.5, 0.6) is 0 Å². The van der Waals surface area contributed by atoms with Gasteiger partial charge in [-0.25, -0.2) is 9.59 Å². The van der Waals surface area contributed by atoms with Crippen molar-refractivity contribution in [3.05, 3.63) is 48.2 Å². The summed E-state index contributed by atoms with van der Waals surface area (Å²) in [5.74, 6) is -2.63. The van der Waals surface area contributed by atoms with Crippen LogP contribution in [0, 0.1) is 0 Å². The second-order valence-electron chi connectivity index (χ2n) is 9.34. The summed E-state index contributed by atoms with van der Waals surface area (Å²) in [5, 5.41) is 4.97. The molecule has 33 heavy (non-hydrogen) atoms. The lowest BCUT2D eigenvalue weighted by molar-refractivity contribution is -0.155. The molecule has 0 aliphatic rings. The van der Waals surface area contributed by atoms with Gasteiger partial charge in [0.15, 0.2) is 5.76 Å². The smallest absolute Gasteiger partial charge is 0.408 e. The number of rotatable bonds is 9. The fraction of sp³-hybridized carbons (Fsp3) is 0.500. The van der Waals surface area contributed by atoms with E-state index in [1.807, 2.05) is 30.3 Å². The quantitative estimate of drug-likeness (QED) is 0.250. The van der Waals surface area contributed by atoms with Crippen LogP contribution in [0.15, 0.2) is 42.7 Å². The molecule has 0 fully saturated rings. The van der Waals surface area contributed by atoms with E-state index in [-0.39, 0.29) is 19.4 Å². The molecule has 182 valence electrons. The predicted octanol–water partition coefficient (Wildman–Crippen LogP) is 3.37. The summed E-state index contributed by atoms with van der Waals surface area (Å²) < 4.78 is 15.5. The van der Waals surface area contributed by atoms with Crippen molar-refractivity contribution in [3.8, 4) is 0 Å². The molecule has 0 aliphatic heterocycles. The van der Waals surface area contributed by atoms with Gasteiger partial charge in [0, 0.05) is 13.0 Å². The summed E-state index contributed by atoms with van der Waals surface area (Å²) in [7, 11) is 0. The van der Waals surface area contributed by atoms with Crippen LogP contribution in [0.2, 0.25) is 0 Å². The van der Waals surface area contributed by atoms with Gasteiger partial charge in [-0.05, 0) is 53.5 Å². The number of hydrogen-bond acceptors (Lipinski definition) is 7. The van der Waals surface area contributed by atoms with Gasteiger partial charge in [-0.3, -0.25) is 9.59 Å². The van der Waals surface area contributed by atoms with E-state index in [0.717, 1.165) is 5.56 Å². The van der Waals surface area contributed by atoms with Crippen molar-refractivity contribution in [2.24, 2.45) is 0 Å². The highest BCUT2D eigenvalue weighted by molar-refractivity contribution is 5.94. The van der Waals surface area contributed by atoms with Gasteiger partial charge < -0.3 is 24.8 Å². The number of benzene rings is 1. The second kappa shape index (κ2) is 12.0. The first-order valence-electron chi connectivity index (χ1n) is 10.6. The third-order valence-electron chi connectivity index (χ3n) is 3.81. The van der Waals surface area contributed by atoms with E-state index in [2.05, 4.69) is 17.2 Å². The SMILES string of the molecule is C=C(OC(=O)[C@H](CCC(=O)OC(C)(C)C)NC(=O)OC(C)(C)C)C(=O)NCc1ccccc1. The maximum atomic E-state index is 12.6. The van der Waals surface area contributed by atoms with E-state index in [9.17, 15) is 19.2 Å².